The van der Waals surface area contributed by atoms with E-state index in [1.165, 1.54) is 5.56 Å². The molecule has 5 heteroatoms. The van der Waals surface area contributed by atoms with Crippen LogP contribution in [0.3, 0.4) is 0 Å². The summed E-state index contributed by atoms with van der Waals surface area (Å²) in [6.07, 6.45) is 4.98. The normalized spacial score (nSPS) is 24.0. The standard InChI is InChI=1S/C18H23ClN2O2/c19-15-7-5-14(6-8-15)3-1-4-16(22)21-12-10-18(13-21)9-2-11-20-17(18)23/h5-8H,1-4,9-13H2,(H,20,23). The highest BCUT2D eigenvalue weighted by Gasteiger charge is 2.46. The van der Waals surface area contributed by atoms with Crippen LogP contribution in [0.25, 0.3) is 0 Å². The number of halogens is 1. The zero-order valence-electron chi connectivity index (χ0n) is 13.3. The predicted molar refractivity (Wildman–Crippen MR) is 90.3 cm³/mol. The first-order chi connectivity index (χ1) is 11.1. The first-order valence-corrected chi connectivity index (χ1v) is 8.77. The van der Waals surface area contributed by atoms with Crippen molar-refractivity contribution in [1.82, 2.24) is 10.2 Å². The molecule has 2 saturated heterocycles. The highest BCUT2D eigenvalue weighted by molar-refractivity contribution is 6.30. The van der Waals surface area contributed by atoms with Gasteiger partial charge in [0.15, 0.2) is 0 Å². The molecule has 0 bridgehead atoms. The minimum Gasteiger partial charge on any atom is -0.356 e. The molecule has 1 N–H and O–H groups in total. The Labute approximate surface area is 142 Å². The number of hydrogen-bond donors (Lipinski definition) is 1. The quantitative estimate of drug-likeness (QED) is 0.920. The first kappa shape index (κ1) is 16.3. The molecule has 1 atom stereocenters. The highest BCUT2D eigenvalue weighted by Crippen LogP contribution is 2.37. The first-order valence-electron chi connectivity index (χ1n) is 8.40. The average Bonchev–Trinajstić information content (AvgIpc) is 2.98. The second kappa shape index (κ2) is 6.91. The number of hydrogen-bond acceptors (Lipinski definition) is 2. The number of aryl methyl sites for hydroxylation is 1. The molecule has 1 unspecified atom stereocenters. The Morgan fingerprint density at radius 1 is 1.26 bits per heavy atom. The summed E-state index contributed by atoms with van der Waals surface area (Å²) in [6.45, 7) is 2.08. The van der Waals surface area contributed by atoms with Crippen LogP contribution >= 0.6 is 11.6 Å². The van der Waals surface area contributed by atoms with Crippen LogP contribution in [0, 0.1) is 5.41 Å². The van der Waals surface area contributed by atoms with Crippen LogP contribution in [-0.2, 0) is 16.0 Å². The van der Waals surface area contributed by atoms with Crippen molar-refractivity contribution in [1.29, 1.82) is 0 Å². The summed E-state index contributed by atoms with van der Waals surface area (Å²) in [6, 6.07) is 7.77. The average molecular weight is 335 g/mol. The second-order valence-corrected chi connectivity index (χ2v) is 7.12. The van der Waals surface area contributed by atoms with E-state index < -0.39 is 0 Å². The summed E-state index contributed by atoms with van der Waals surface area (Å²) in [5.74, 6) is 0.314. The number of carbonyl (C=O) groups is 2. The summed E-state index contributed by atoms with van der Waals surface area (Å²) in [5.41, 5.74) is 0.885. The van der Waals surface area contributed by atoms with Crippen molar-refractivity contribution in [2.24, 2.45) is 5.41 Å². The SMILES string of the molecule is O=C(CCCc1ccc(Cl)cc1)N1CCC2(CCCNC2=O)C1. The van der Waals surface area contributed by atoms with Gasteiger partial charge in [-0.25, -0.2) is 0 Å². The second-order valence-electron chi connectivity index (χ2n) is 6.69. The molecule has 0 aliphatic carbocycles. The monoisotopic (exact) mass is 334 g/mol. The van der Waals surface area contributed by atoms with E-state index in [9.17, 15) is 9.59 Å². The molecule has 0 saturated carbocycles. The van der Waals surface area contributed by atoms with E-state index in [1.807, 2.05) is 29.2 Å². The number of benzene rings is 1. The lowest BCUT2D eigenvalue weighted by molar-refractivity contribution is -0.134. The summed E-state index contributed by atoms with van der Waals surface area (Å²) in [4.78, 5) is 26.4. The van der Waals surface area contributed by atoms with E-state index in [0.717, 1.165) is 43.7 Å². The molecule has 1 spiro atoms. The smallest absolute Gasteiger partial charge is 0.228 e. The van der Waals surface area contributed by atoms with E-state index in [0.29, 0.717) is 19.5 Å². The lowest BCUT2D eigenvalue weighted by Gasteiger charge is -2.32. The van der Waals surface area contributed by atoms with Crippen molar-refractivity contribution < 1.29 is 9.59 Å². The van der Waals surface area contributed by atoms with Gasteiger partial charge in [-0.2, -0.15) is 0 Å². The Balaban J connectivity index is 1.47. The minimum atomic E-state index is -0.315. The Hall–Kier alpha value is -1.55. The van der Waals surface area contributed by atoms with Gasteiger partial charge >= 0.3 is 0 Å². The Morgan fingerprint density at radius 3 is 2.78 bits per heavy atom. The lowest BCUT2D eigenvalue weighted by atomic mass is 9.79. The molecular formula is C18H23ClN2O2. The molecule has 2 fully saturated rings. The van der Waals surface area contributed by atoms with E-state index >= 15 is 0 Å². The van der Waals surface area contributed by atoms with Crippen molar-refractivity contribution in [2.45, 2.75) is 38.5 Å². The molecule has 124 valence electrons. The van der Waals surface area contributed by atoms with Crippen LogP contribution in [0.15, 0.2) is 24.3 Å². The molecule has 1 aromatic rings. The van der Waals surface area contributed by atoms with Crippen molar-refractivity contribution in [3.8, 4) is 0 Å². The molecule has 23 heavy (non-hydrogen) atoms. The molecule has 2 aliphatic heterocycles. The molecule has 0 aromatic heterocycles. The molecule has 0 radical (unpaired) electrons. The lowest BCUT2D eigenvalue weighted by Crippen LogP contribution is -2.47. The molecule has 2 aliphatic rings. The van der Waals surface area contributed by atoms with Gasteiger partial charge < -0.3 is 10.2 Å². The number of nitrogens with zero attached hydrogens (tertiary/aromatic N) is 1. The van der Waals surface area contributed by atoms with Crippen LogP contribution < -0.4 is 5.32 Å². The summed E-state index contributed by atoms with van der Waals surface area (Å²) in [7, 11) is 0. The van der Waals surface area contributed by atoms with Gasteiger partial charge in [-0.15, -0.1) is 0 Å². The van der Waals surface area contributed by atoms with Crippen LogP contribution in [0.4, 0.5) is 0 Å². The van der Waals surface area contributed by atoms with Crippen molar-refractivity contribution >= 4 is 23.4 Å². The summed E-state index contributed by atoms with van der Waals surface area (Å²) >= 11 is 5.87. The fourth-order valence-corrected chi connectivity index (χ4v) is 3.78. The molecule has 3 rings (SSSR count). The zero-order chi connectivity index (χ0) is 16.3. The Bertz CT molecular complexity index is 587. The fraction of sp³-hybridized carbons (Fsp3) is 0.556. The van der Waals surface area contributed by atoms with Gasteiger partial charge in [-0.05, 0) is 49.8 Å². The number of amides is 2. The maximum Gasteiger partial charge on any atom is 0.228 e. The predicted octanol–water partition coefficient (Wildman–Crippen LogP) is 2.79. The van der Waals surface area contributed by atoms with Crippen molar-refractivity contribution in [3.05, 3.63) is 34.9 Å². The van der Waals surface area contributed by atoms with E-state index in [4.69, 9.17) is 11.6 Å². The van der Waals surface area contributed by atoms with E-state index in [2.05, 4.69) is 5.32 Å². The molecule has 2 heterocycles. The third kappa shape index (κ3) is 3.69. The van der Waals surface area contributed by atoms with Crippen LogP contribution in [0.2, 0.25) is 5.02 Å². The molecule has 2 amide bonds. The van der Waals surface area contributed by atoms with Gasteiger partial charge in [-0.1, -0.05) is 23.7 Å². The van der Waals surface area contributed by atoms with Gasteiger partial charge in [0.25, 0.3) is 0 Å². The minimum absolute atomic E-state index is 0.139. The molecular weight excluding hydrogens is 312 g/mol. The maximum absolute atomic E-state index is 12.4. The Morgan fingerprint density at radius 2 is 2.04 bits per heavy atom. The summed E-state index contributed by atoms with van der Waals surface area (Å²) in [5, 5.41) is 3.69. The number of rotatable bonds is 4. The van der Waals surface area contributed by atoms with Gasteiger partial charge in [-0.3, -0.25) is 9.59 Å². The van der Waals surface area contributed by atoms with Gasteiger partial charge in [0, 0.05) is 31.1 Å². The van der Waals surface area contributed by atoms with Crippen LogP contribution in [0.5, 0.6) is 0 Å². The van der Waals surface area contributed by atoms with Gasteiger partial charge in [0.1, 0.15) is 0 Å². The third-order valence-corrected chi connectivity index (χ3v) is 5.33. The molecule has 4 nitrogen and oxygen atoms in total. The molecule has 1 aromatic carbocycles. The number of likely N-dealkylation sites (tertiary alicyclic amines) is 1. The topological polar surface area (TPSA) is 49.4 Å². The van der Waals surface area contributed by atoms with Crippen LogP contribution in [0.1, 0.15) is 37.7 Å². The highest BCUT2D eigenvalue weighted by atomic mass is 35.5. The van der Waals surface area contributed by atoms with Crippen molar-refractivity contribution in [2.75, 3.05) is 19.6 Å². The summed E-state index contributed by atoms with van der Waals surface area (Å²) < 4.78 is 0. The van der Waals surface area contributed by atoms with E-state index in [1.54, 1.807) is 0 Å². The van der Waals surface area contributed by atoms with Crippen molar-refractivity contribution in [3.63, 3.8) is 0 Å². The van der Waals surface area contributed by atoms with Gasteiger partial charge in [0.2, 0.25) is 11.8 Å². The van der Waals surface area contributed by atoms with Crippen LogP contribution in [-0.4, -0.2) is 36.3 Å². The Kier molecular flexibility index (Phi) is 4.90. The fourth-order valence-electron chi connectivity index (χ4n) is 3.66. The number of carbonyl (C=O) groups excluding carboxylic acids is 2. The zero-order valence-corrected chi connectivity index (χ0v) is 14.1. The maximum atomic E-state index is 12.4. The largest absolute Gasteiger partial charge is 0.356 e. The number of nitrogens with one attached hydrogen (secondary N) is 1. The van der Waals surface area contributed by atoms with E-state index in [-0.39, 0.29) is 17.2 Å². The van der Waals surface area contributed by atoms with Gasteiger partial charge in [0.05, 0.1) is 5.41 Å². The third-order valence-electron chi connectivity index (χ3n) is 5.08. The number of piperidine rings is 1.